The second-order valence-corrected chi connectivity index (χ2v) is 9.41. The SMILES string of the molecule is CC(C)(C)OC(=O)CCN1CCOC(c2ccc(Oc3cc(C(F)(F)F)cc(C(F)(F)F)c3)cc2)C1. The topological polar surface area (TPSA) is 48.0 Å². The van der Waals surface area contributed by atoms with Gasteiger partial charge < -0.3 is 14.2 Å². The first kappa shape index (κ1) is 27.8. The van der Waals surface area contributed by atoms with Gasteiger partial charge in [-0.15, -0.1) is 0 Å². The van der Waals surface area contributed by atoms with E-state index in [2.05, 4.69) is 4.90 Å². The summed E-state index contributed by atoms with van der Waals surface area (Å²) in [7, 11) is 0. The molecule has 0 amide bonds. The molecule has 0 radical (unpaired) electrons. The molecule has 1 atom stereocenters. The summed E-state index contributed by atoms with van der Waals surface area (Å²) in [5.41, 5.74) is -2.71. The van der Waals surface area contributed by atoms with E-state index in [1.54, 1.807) is 32.9 Å². The van der Waals surface area contributed by atoms with Crippen LogP contribution < -0.4 is 4.74 Å². The van der Waals surface area contributed by atoms with E-state index in [0.717, 1.165) is 5.56 Å². The summed E-state index contributed by atoms with van der Waals surface area (Å²) in [5.74, 6) is -0.800. The van der Waals surface area contributed by atoms with Gasteiger partial charge in [0.25, 0.3) is 0 Å². The van der Waals surface area contributed by atoms with Crippen LogP contribution in [0.3, 0.4) is 0 Å². The Balaban J connectivity index is 1.65. The first-order valence-electron chi connectivity index (χ1n) is 11.2. The molecule has 1 fully saturated rings. The van der Waals surface area contributed by atoms with Gasteiger partial charge >= 0.3 is 18.3 Å². The number of carbonyl (C=O) groups is 1. The van der Waals surface area contributed by atoms with Crippen molar-refractivity contribution in [2.24, 2.45) is 0 Å². The summed E-state index contributed by atoms with van der Waals surface area (Å²) < 4.78 is 94.9. The van der Waals surface area contributed by atoms with Crippen molar-refractivity contribution in [1.29, 1.82) is 0 Å². The van der Waals surface area contributed by atoms with Crippen LogP contribution >= 0.6 is 0 Å². The lowest BCUT2D eigenvalue weighted by Crippen LogP contribution is -2.39. The van der Waals surface area contributed by atoms with Crippen LogP contribution in [0, 0.1) is 0 Å². The molecule has 0 spiro atoms. The van der Waals surface area contributed by atoms with E-state index >= 15 is 0 Å². The molecule has 0 aromatic heterocycles. The number of carbonyl (C=O) groups excluding carboxylic acids is 1. The zero-order valence-electron chi connectivity index (χ0n) is 20.0. The summed E-state index contributed by atoms with van der Waals surface area (Å²) in [6, 6.07) is 7.26. The summed E-state index contributed by atoms with van der Waals surface area (Å²) >= 11 is 0. The van der Waals surface area contributed by atoms with E-state index in [0.29, 0.717) is 38.4 Å². The average Bonchev–Trinajstić information content (AvgIpc) is 2.76. The van der Waals surface area contributed by atoms with E-state index in [4.69, 9.17) is 14.2 Å². The lowest BCUT2D eigenvalue weighted by Gasteiger charge is -2.33. The van der Waals surface area contributed by atoms with Gasteiger partial charge in [0.2, 0.25) is 0 Å². The molecule has 1 saturated heterocycles. The Labute approximate surface area is 204 Å². The molecule has 36 heavy (non-hydrogen) atoms. The van der Waals surface area contributed by atoms with Gasteiger partial charge in [-0.2, -0.15) is 26.3 Å². The van der Waals surface area contributed by atoms with Gasteiger partial charge in [0.15, 0.2) is 0 Å². The van der Waals surface area contributed by atoms with Gasteiger partial charge in [-0.1, -0.05) is 12.1 Å². The van der Waals surface area contributed by atoms with Crippen molar-refractivity contribution in [3.8, 4) is 11.5 Å². The van der Waals surface area contributed by atoms with Crippen LogP contribution in [0.5, 0.6) is 11.5 Å². The van der Waals surface area contributed by atoms with Gasteiger partial charge in [0.1, 0.15) is 17.1 Å². The van der Waals surface area contributed by atoms with E-state index in [1.807, 2.05) is 0 Å². The highest BCUT2D eigenvalue weighted by Gasteiger charge is 2.37. The van der Waals surface area contributed by atoms with Crippen molar-refractivity contribution in [2.75, 3.05) is 26.2 Å². The zero-order chi connectivity index (χ0) is 26.7. The largest absolute Gasteiger partial charge is 0.460 e. The lowest BCUT2D eigenvalue weighted by atomic mass is 10.1. The number of nitrogens with zero attached hydrogens (tertiary/aromatic N) is 1. The van der Waals surface area contributed by atoms with Crippen molar-refractivity contribution in [3.63, 3.8) is 0 Å². The number of hydrogen-bond acceptors (Lipinski definition) is 5. The highest BCUT2D eigenvalue weighted by atomic mass is 19.4. The fourth-order valence-corrected chi connectivity index (χ4v) is 3.62. The van der Waals surface area contributed by atoms with Crippen molar-refractivity contribution < 1.29 is 45.3 Å². The third-order valence-corrected chi connectivity index (χ3v) is 5.25. The van der Waals surface area contributed by atoms with Gasteiger partial charge in [-0.05, 0) is 56.7 Å². The number of alkyl halides is 6. The minimum absolute atomic E-state index is 0.0466. The minimum atomic E-state index is -4.96. The average molecular weight is 519 g/mol. The van der Waals surface area contributed by atoms with Crippen LogP contribution in [0.15, 0.2) is 42.5 Å². The predicted molar refractivity (Wildman–Crippen MR) is 119 cm³/mol. The normalized spacial score (nSPS) is 17.6. The molecule has 1 aliphatic heterocycles. The van der Waals surface area contributed by atoms with Crippen LogP contribution in [0.25, 0.3) is 0 Å². The maximum absolute atomic E-state index is 13.1. The Bertz CT molecular complexity index is 1010. The Kier molecular flexibility index (Phi) is 8.24. The standard InChI is InChI=1S/C25H27F6NO4/c1-23(2,3)36-22(33)8-9-32-10-11-34-21(15-32)16-4-6-19(7-5-16)35-20-13-17(24(26,27)28)12-18(14-20)25(29,30)31/h4-7,12-14,21H,8-11,15H2,1-3H3. The Hall–Kier alpha value is -2.79. The van der Waals surface area contributed by atoms with Crippen LogP contribution in [-0.4, -0.2) is 42.7 Å². The minimum Gasteiger partial charge on any atom is -0.460 e. The predicted octanol–water partition coefficient (Wildman–Crippen LogP) is 6.62. The fraction of sp³-hybridized carbons (Fsp3) is 0.480. The van der Waals surface area contributed by atoms with Gasteiger partial charge in [-0.25, -0.2) is 0 Å². The maximum Gasteiger partial charge on any atom is 0.416 e. The molecule has 5 nitrogen and oxygen atoms in total. The maximum atomic E-state index is 13.1. The molecule has 0 bridgehead atoms. The number of esters is 1. The van der Waals surface area contributed by atoms with Crippen LogP contribution in [-0.2, 0) is 26.6 Å². The molecular weight excluding hydrogens is 492 g/mol. The highest BCUT2D eigenvalue weighted by Crippen LogP contribution is 2.39. The first-order valence-corrected chi connectivity index (χ1v) is 11.2. The molecule has 3 rings (SSSR count). The number of halogens is 6. The summed E-state index contributed by atoms with van der Waals surface area (Å²) in [6.45, 7) is 7.46. The molecule has 0 aliphatic carbocycles. The van der Waals surface area contributed by atoms with Crippen molar-refractivity contribution in [3.05, 3.63) is 59.2 Å². The summed E-state index contributed by atoms with van der Waals surface area (Å²) in [4.78, 5) is 14.0. The van der Waals surface area contributed by atoms with Gasteiger partial charge in [-0.3, -0.25) is 9.69 Å². The number of ether oxygens (including phenoxy) is 3. The first-order chi connectivity index (χ1) is 16.6. The van der Waals surface area contributed by atoms with Crippen LogP contribution in [0.4, 0.5) is 26.3 Å². The second-order valence-electron chi connectivity index (χ2n) is 9.41. The lowest BCUT2D eigenvalue weighted by molar-refractivity contribution is -0.155. The van der Waals surface area contributed by atoms with E-state index in [9.17, 15) is 31.1 Å². The quantitative estimate of drug-likeness (QED) is 0.317. The van der Waals surface area contributed by atoms with Crippen molar-refractivity contribution in [2.45, 2.75) is 51.2 Å². The number of benzene rings is 2. The number of rotatable bonds is 6. The second kappa shape index (κ2) is 10.7. The molecular formula is C25H27F6NO4. The Morgan fingerprint density at radius 3 is 2.06 bits per heavy atom. The molecule has 11 heteroatoms. The van der Waals surface area contributed by atoms with Crippen molar-refractivity contribution in [1.82, 2.24) is 4.90 Å². The molecule has 198 valence electrons. The zero-order valence-corrected chi connectivity index (χ0v) is 20.0. The van der Waals surface area contributed by atoms with E-state index < -0.39 is 34.8 Å². The summed E-state index contributed by atoms with van der Waals surface area (Å²) in [5, 5.41) is 0. The van der Waals surface area contributed by atoms with E-state index in [-0.39, 0.29) is 30.3 Å². The fourth-order valence-electron chi connectivity index (χ4n) is 3.62. The van der Waals surface area contributed by atoms with Crippen LogP contribution in [0.1, 0.15) is 50.0 Å². The summed E-state index contributed by atoms with van der Waals surface area (Å²) in [6.07, 6.45) is -10.0. The third kappa shape index (κ3) is 8.12. The van der Waals surface area contributed by atoms with Crippen molar-refractivity contribution >= 4 is 5.97 Å². The Morgan fingerprint density at radius 1 is 0.944 bits per heavy atom. The monoisotopic (exact) mass is 519 g/mol. The smallest absolute Gasteiger partial charge is 0.416 e. The third-order valence-electron chi connectivity index (χ3n) is 5.25. The molecule has 2 aromatic rings. The molecule has 1 unspecified atom stereocenters. The van der Waals surface area contributed by atoms with Gasteiger partial charge in [0, 0.05) is 19.6 Å². The number of morpholine rings is 1. The van der Waals surface area contributed by atoms with E-state index in [1.165, 1.54) is 12.1 Å². The highest BCUT2D eigenvalue weighted by molar-refractivity contribution is 5.70. The molecule has 2 aromatic carbocycles. The number of hydrogen-bond donors (Lipinski definition) is 0. The van der Waals surface area contributed by atoms with Crippen LogP contribution in [0.2, 0.25) is 0 Å². The molecule has 0 N–H and O–H groups in total. The molecule has 0 saturated carbocycles. The molecule has 1 heterocycles. The Morgan fingerprint density at radius 2 is 1.53 bits per heavy atom. The molecule has 1 aliphatic rings. The van der Waals surface area contributed by atoms with Gasteiger partial charge in [0.05, 0.1) is 30.3 Å².